The summed E-state index contributed by atoms with van der Waals surface area (Å²) >= 11 is 0. The lowest BCUT2D eigenvalue weighted by Crippen LogP contribution is -2.54. The Bertz CT molecular complexity index is 1430. The molecule has 2 atom stereocenters. The fraction of sp³-hybridized carbons (Fsp3) is 0.419. The van der Waals surface area contributed by atoms with Gasteiger partial charge in [-0.3, -0.25) is 4.79 Å². The molecule has 2 N–H and O–H groups in total. The Morgan fingerprint density at radius 2 is 1.95 bits per heavy atom. The van der Waals surface area contributed by atoms with Crippen LogP contribution in [0.4, 0.5) is 0 Å². The van der Waals surface area contributed by atoms with Crippen molar-refractivity contribution in [3.05, 3.63) is 83.1 Å². The predicted octanol–water partition coefficient (Wildman–Crippen LogP) is 1.86. The highest BCUT2D eigenvalue weighted by Gasteiger charge is 2.39. The number of fused-ring (bicyclic) bond motifs is 1. The Balaban J connectivity index is 1.10. The lowest BCUT2D eigenvalue weighted by molar-refractivity contribution is -0.141. The van der Waals surface area contributed by atoms with Crippen LogP contribution in [0.5, 0.6) is 5.75 Å². The van der Waals surface area contributed by atoms with Gasteiger partial charge in [-0.15, -0.1) is 0 Å². The molecule has 3 aliphatic heterocycles. The van der Waals surface area contributed by atoms with E-state index in [1.54, 1.807) is 7.11 Å². The molecule has 6 rings (SSSR count). The zero-order valence-electron chi connectivity index (χ0n) is 22.5. The molecule has 2 saturated heterocycles. The number of benzene rings is 2. The number of piperidine rings is 2. The van der Waals surface area contributed by atoms with E-state index in [0.29, 0.717) is 39.1 Å². The molecular weight excluding hydrogens is 490 g/mol. The first-order valence-electron chi connectivity index (χ1n) is 13.9. The largest absolute Gasteiger partial charge is 0.497 e. The fourth-order valence-electron chi connectivity index (χ4n) is 6.29. The normalized spacial score (nSPS) is 22.4. The number of nitrogens with one attached hydrogen (secondary N) is 1. The van der Waals surface area contributed by atoms with Gasteiger partial charge in [-0.1, -0.05) is 36.4 Å². The molecule has 8 heteroatoms. The molecule has 39 heavy (non-hydrogen) atoms. The first kappa shape index (κ1) is 25.6. The standard InChI is InChI=1S/C31H37N5O3/c1-39-26-9-5-8-25(18-26)36-15-11-24-20-34(22-33-29(24)36)21-31(38)12-16-35(17-13-31)30(37)27-10-14-32-19-28(27)23-6-3-2-4-7-23/h2-9,11,15,18,20,27-28,32,38H,10,12-14,16-17,19,21-22H2,1H3/t27-,28+/m1/s1. The number of amides is 1. The minimum Gasteiger partial charge on any atom is -0.497 e. The number of nitrogens with zero attached hydrogens (tertiary/aromatic N) is 4. The number of β-amino-alcohol motifs (C(OH)–C–C–N with tert-alkyl or cyclic N) is 1. The van der Waals surface area contributed by atoms with Gasteiger partial charge >= 0.3 is 0 Å². The van der Waals surface area contributed by atoms with Crippen molar-refractivity contribution in [3.63, 3.8) is 0 Å². The quantitative estimate of drug-likeness (QED) is 0.512. The average Bonchev–Trinajstić information content (AvgIpc) is 3.41. The fourth-order valence-corrected chi connectivity index (χ4v) is 6.29. The summed E-state index contributed by atoms with van der Waals surface area (Å²) in [6.45, 7) is 3.86. The second kappa shape index (κ2) is 10.9. The number of aromatic nitrogens is 1. The summed E-state index contributed by atoms with van der Waals surface area (Å²) in [6, 6.07) is 20.4. The maximum atomic E-state index is 13.6. The zero-order chi connectivity index (χ0) is 26.8. The van der Waals surface area contributed by atoms with E-state index in [1.807, 2.05) is 53.6 Å². The van der Waals surface area contributed by atoms with Crippen LogP contribution in [0.25, 0.3) is 11.9 Å². The van der Waals surface area contributed by atoms with Gasteiger partial charge in [0.05, 0.1) is 18.4 Å². The van der Waals surface area contributed by atoms with E-state index in [2.05, 4.69) is 39.2 Å². The van der Waals surface area contributed by atoms with Crippen molar-refractivity contribution in [1.82, 2.24) is 19.7 Å². The smallest absolute Gasteiger partial charge is 0.226 e. The maximum Gasteiger partial charge on any atom is 0.226 e. The molecule has 2 fully saturated rings. The number of methoxy groups -OCH3 is 1. The van der Waals surface area contributed by atoms with Crippen LogP contribution in [0.1, 0.15) is 30.7 Å². The minimum absolute atomic E-state index is 0.0129. The molecule has 4 heterocycles. The number of hydrogen-bond donors (Lipinski definition) is 2. The highest BCUT2D eigenvalue weighted by Crippen LogP contribution is 2.33. The molecule has 1 aromatic heterocycles. The lowest BCUT2D eigenvalue weighted by atomic mass is 9.80. The molecule has 0 saturated carbocycles. The molecular formula is C31H37N5O3. The summed E-state index contributed by atoms with van der Waals surface area (Å²) in [5.74, 6) is 1.21. The van der Waals surface area contributed by atoms with Crippen LogP contribution in [0.15, 0.2) is 71.9 Å². The van der Waals surface area contributed by atoms with E-state index in [-0.39, 0.29) is 17.7 Å². The van der Waals surface area contributed by atoms with Gasteiger partial charge in [0.15, 0.2) is 0 Å². The SMILES string of the molecule is COc1cccc(-n2ccc3c2=NCN(CC2(O)CCN(C(=O)[C@@H]4CCNC[C@H]4c4ccccc4)CC2)C=3)c1. The minimum atomic E-state index is -0.845. The van der Waals surface area contributed by atoms with Gasteiger partial charge in [0.1, 0.15) is 17.9 Å². The van der Waals surface area contributed by atoms with Gasteiger partial charge in [-0.2, -0.15) is 0 Å². The van der Waals surface area contributed by atoms with Gasteiger partial charge in [0.25, 0.3) is 0 Å². The molecule has 0 bridgehead atoms. The zero-order valence-corrected chi connectivity index (χ0v) is 22.5. The van der Waals surface area contributed by atoms with Crippen LogP contribution < -0.4 is 20.8 Å². The van der Waals surface area contributed by atoms with Crippen molar-refractivity contribution in [1.29, 1.82) is 0 Å². The number of aliphatic hydroxyl groups is 1. The van der Waals surface area contributed by atoms with Crippen molar-refractivity contribution in [2.75, 3.05) is 46.5 Å². The summed E-state index contributed by atoms with van der Waals surface area (Å²) in [5.41, 5.74) is 2.28. The predicted molar refractivity (Wildman–Crippen MR) is 150 cm³/mol. The van der Waals surface area contributed by atoms with E-state index in [4.69, 9.17) is 9.73 Å². The molecule has 0 unspecified atom stereocenters. The molecule has 3 aromatic rings. The summed E-state index contributed by atoms with van der Waals surface area (Å²) in [4.78, 5) is 22.5. The van der Waals surface area contributed by atoms with E-state index < -0.39 is 5.60 Å². The van der Waals surface area contributed by atoms with Gasteiger partial charge in [0.2, 0.25) is 5.91 Å². The number of carbonyl (C=O) groups is 1. The van der Waals surface area contributed by atoms with Gasteiger partial charge < -0.3 is 29.5 Å². The number of hydrogen-bond acceptors (Lipinski definition) is 6. The molecule has 0 radical (unpaired) electrons. The van der Waals surface area contributed by atoms with Crippen LogP contribution in [-0.2, 0) is 4.79 Å². The topological polar surface area (TPSA) is 82.3 Å². The molecule has 2 aromatic carbocycles. The van der Waals surface area contributed by atoms with Crippen LogP contribution in [0.3, 0.4) is 0 Å². The van der Waals surface area contributed by atoms with E-state index in [1.165, 1.54) is 5.56 Å². The Morgan fingerprint density at radius 3 is 2.74 bits per heavy atom. The van der Waals surface area contributed by atoms with Crippen LogP contribution in [0, 0.1) is 5.92 Å². The molecule has 3 aliphatic rings. The van der Waals surface area contributed by atoms with E-state index in [9.17, 15) is 9.90 Å². The highest BCUT2D eigenvalue weighted by atomic mass is 16.5. The maximum absolute atomic E-state index is 13.6. The van der Waals surface area contributed by atoms with E-state index >= 15 is 0 Å². The summed E-state index contributed by atoms with van der Waals surface area (Å²) in [5, 5.41) is 16.0. The van der Waals surface area contributed by atoms with Crippen LogP contribution >= 0.6 is 0 Å². The third kappa shape index (κ3) is 5.31. The van der Waals surface area contributed by atoms with Crippen molar-refractivity contribution in [2.45, 2.75) is 30.8 Å². The third-order valence-corrected chi connectivity index (χ3v) is 8.48. The number of ether oxygens (including phenoxy) is 1. The molecule has 204 valence electrons. The Kier molecular flexibility index (Phi) is 7.14. The average molecular weight is 528 g/mol. The van der Waals surface area contributed by atoms with Gasteiger partial charge in [0, 0.05) is 61.7 Å². The van der Waals surface area contributed by atoms with Gasteiger partial charge in [-0.25, -0.2) is 4.99 Å². The van der Waals surface area contributed by atoms with Crippen molar-refractivity contribution in [2.24, 2.45) is 10.9 Å². The summed E-state index contributed by atoms with van der Waals surface area (Å²) in [6.07, 6.45) is 6.10. The second-order valence-corrected chi connectivity index (χ2v) is 11.0. The van der Waals surface area contributed by atoms with Crippen LogP contribution in [0.2, 0.25) is 0 Å². The van der Waals surface area contributed by atoms with Crippen molar-refractivity contribution in [3.8, 4) is 11.4 Å². The van der Waals surface area contributed by atoms with Crippen LogP contribution in [-0.4, -0.2) is 77.5 Å². The molecule has 0 spiro atoms. The first-order chi connectivity index (χ1) is 19.0. The molecule has 0 aliphatic carbocycles. The first-order valence-corrected chi connectivity index (χ1v) is 13.9. The summed E-state index contributed by atoms with van der Waals surface area (Å²) in [7, 11) is 1.67. The number of rotatable bonds is 6. The molecule has 1 amide bonds. The third-order valence-electron chi connectivity index (χ3n) is 8.48. The van der Waals surface area contributed by atoms with Crippen molar-refractivity contribution >= 4 is 12.1 Å². The van der Waals surface area contributed by atoms with E-state index in [0.717, 1.165) is 41.7 Å². The molecule has 8 nitrogen and oxygen atoms in total. The lowest BCUT2D eigenvalue weighted by Gasteiger charge is -2.43. The Labute approximate surface area is 229 Å². The van der Waals surface area contributed by atoms with Crippen molar-refractivity contribution < 1.29 is 14.6 Å². The Hall–Kier alpha value is -3.62. The Morgan fingerprint density at radius 1 is 1.13 bits per heavy atom. The monoisotopic (exact) mass is 527 g/mol. The second-order valence-electron chi connectivity index (χ2n) is 11.0. The highest BCUT2D eigenvalue weighted by molar-refractivity contribution is 5.80. The summed E-state index contributed by atoms with van der Waals surface area (Å²) < 4.78 is 7.44. The number of likely N-dealkylation sites (tertiary alicyclic amines) is 1. The van der Waals surface area contributed by atoms with Gasteiger partial charge in [-0.05, 0) is 49.6 Å². The number of carbonyl (C=O) groups excluding carboxylic acids is 1.